The Morgan fingerprint density at radius 1 is 0.969 bits per heavy atom. The van der Waals surface area contributed by atoms with E-state index in [0.717, 1.165) is 22.5 Å². The van der Waals surface area contributed by atoms with Gasteiger partial charge in [-0.25, -0.2) is 13.9 Å². The molecular weight excluding hydrogens is 427 g/mol. The molecule has 0 radical (unpaired) electrons. The van der Waals surface area contributed by atoms with Crippen molar-refractivity contribution in [2.75, 3.05) is 0 Å². The summed E-state index contributed by atoms with van der Waals surface area (Å²) in [5, 5.41) is 5.45. The van der Waals surface area contributed by atoms with Crippen molar-refractivity contribution in [2.24, 2.45) is 0 Å². The van der Waals surface area contributed by atoms with Gasteiger partial charge in [0.1, 0.15) is 11.5 Å². The number of carbonyl (C=O) groups excluding carboxylic acids is 1. The average molecular weight is 445 g/mol. The van der Waals surface area contributed by atoms with E-state index in [1.165, 1.54) is 12.1 Å². The summed E-state index contributed by atoms with van der Waals surface area (Å²) >= 11 is 6.08. The first-order valence-electron chi connectivity index (χ1n) is 10.1. The Bertz CT molecular complexity index is 1300. The zero-order chi connectivity index (χ0) is 22.2. The summed E-state index contributed by atoms with van der Waals surface area (Å²) in [6, 6.07) is 25.1. The van der Waals surface area contributed by atoms with Crippen LogP contribution >= 0.6 is 11.6 Å². The summed E-state index contributed by atoms with van der Waals surface area (Å²) in [6.45, 7) is 3.93. The predicted octanol–water partition coefficient (Wildman–Crippen LogP) is 6.27. The standard InChI is InChI=1S/C26H18ClFN2O2/c1-16-24(18-9-13-20(28)14-10-18)25(32-26(16)31)22-15-23(17-7-11-19(27)12-8-17)30(29-22)21-5-3-2-4-6-21/h2-15,24-25H,1H2. The van der Waals surface area contributed by atoms with Crippen LogP contribution in [-0.2, 0) is 9.53 Å². The maximum Gasteiger partial charge on any atom is 0.334 e. The number of nitrogens with zero attached hydrogens (tertiary/aromatic N) is 2. The van der Waals surface area contributed by atoms with Crippen LogP contribution in [0.1, 0.15) is 23.3 Å². The van der Waals surface area contributed by atoms with Crippen LogP contribution < -0.4 is 0 Å². The molecule has 1 saturated heterocycles. The fraction of sp³-hybridized carbons (Fsp3) is 0.0769. The lowest BCUT2D eigenvalue weighted by Gasteiger charge is -2.16. The first-order chi connectivity index (χ1) is 15.5. The van der Waals surface area contributed by atoms with Crippen LogP contribution in [-0.4, -0.2) is 15.7 Å². The molecule has 0 aliphatic carbocycles. The van der Waals surface area contributed by atoms with E-state index in [2.05, 4.69) is 6.58 Å². The second-order valence-corrected chi connectivity index (χ2v) is 8.03. The van der Waals surface area contributed by atoms with E-state index in [9.17, 15) is 9.18 Å². The number of hydrogen-bond donors (Lipinski definition) is 0. The Morgan fingerprint density at radius 3 is 2.34 bits per heavy atom. The van der Waals surface area contributed by atoms with Crippen molar-refractivity contribution in [1.82, 2.24) is 9.78 Å². The van der Waals surface area contributed by atoms with Crippen molar-refractivity contribution >= 4 is 17.6 Å². The average Bonchev–Trinajstić information content (AvgIpc) is 3.37. The number of ether oxygens (including phenoxy) is 1. The zero-order valence-electron chi connectivity index (χ0n) is 16.9. The summed E-state index contributed by atoms with van der Waals surface area (Å²) < 4.78 is 21.0. The molecule has 5 rings (SSSR count). The van der Waals surface area contributed by atoms with E-state index in [1.807, 2.05) is 65.3 Å². The normalized spacial score (nSPS) is 18.1. The predicted molar refractivity (Wildman–Crippen MR) is 121 cm³/mol. The van der Waals surface area contributed by atoms with Gasteiger partial charge in [0, 0.05) is 16.2 Å². The van der Waals surface area contributed by atoms with Crippen LogP contribution in [0.4, 0.5) is 4.39 Å². The van der Waals surface area contributed by atoms with E-state index in [1.54, 1.807) is 12.1 Å². The molecule has 2 atom stereocenters. The molecule has 0 amide bonds. The number of carbonyl (C=O) groups is 1. The van der Waals surface area contributed by atoms with Gasteiger partial charge < -0.3 is 4.74 Å². The Hall–Kier alpha value is -3.70. The van der Waals surface area contributed by atoms with Gasteiger partial charge in [-0.05, 0) is 48.0 Å². The Morgan fingerprint density at radius 2 is 1.66 bits per heavy atom. The van der Waals surface area contributed by atoms with E-state index in [-0.39, 0.29) is 5.82 Å². The molecular formula is C26H18ClFN2O2. The SMILES string of the molecule is C=C1C(=O)OC(c2cc(-c3ccc(Cl)cc3)n(-c3ccccc3)n2)C1c1ccc(F)cc1. The molecule has 3 aromatic carbocycles. The maximum absolute atomic E-state index is 13.5. The minimum Gasteiger partial charge on any atom is -0.451 e. The zero-order valence-corrected chi connectivity index (χ0v) is 17.7. The number of halogens is 2. The van der Waals surface area contributed by atoms with Crippen LogP contribution in [0.5, 0.6) is 0 Å². The van der Waals surface area contributed by atoms with Gasteiger partial charge in [-0.2, -0.15) is 5.10 Å². The molecule has 158 valence electrons. The van der Waals surface area contributed by atoms with Gasteiger partial charge in [-0.15, -0.1) is 0 Å². The van der Waals surface area contributed by atoms with E-state index >= 15 is 0 Å². The molecule has 1 aliphatic rings. The van der Waals surface area contributed by atoms with E-state index in [0.29, 0.717) is 16.3 Å². The first-order valence-corrected chi connectivity index (χ1v) is 10.5. The van der Waals surface area contributed by atoms with Crippen LogP contribution in [0, 0.1) is 5.82 Å². The van der Waals surface area contributed by atoms with E-state index < -0.39 is 18.0 Å². The minimum atomic E-state index is -0.670. The third-order valence-corrected chi connectivity index (χ3v) is 5.82. The molecule has 6 heteroatoms. The highest BCUT2D eigenvalue weighted by atomic mass is 35.5. The molecule has 1 aliphatic heterocycles. The lowest BCUT2D eigenvalue weighted by atomic mass is 9.88. The smallest absolute Gasteiger partial charge is 0.334 e. The molecule has 0 N–H and O–H groups in total. The monoisotopic (exact) mass is 444 g/mol. The molecule has 1 fully saturated rings. The fourth-order valence-corrected chi connectivity index (χ4v) is 4.10. The lowest BCUT2D eigenvalue weighted by molar-refractivity contribution is -0.139. The number of cyclic esters (lactones) is 1. The molecule has 2 heterocycles. The maximum atomic E-state index is 13.5. The van der Waals surface area contributed by atoms with Crippen molar-refractivity contribution in [2.45, 2.75) is 12.0 Å². The molecule has 4 aromatic rings. The summed E-state index contributed by atoms with van der Waals surface area (Å²) in [4.78, 5) is 12.4. The molecule has 32 heavy (non-hydrogen) atoms. The third-order valence-electron chi connectivity index (χ3n) is 5.56. The lowest BCUT2D eigenvalue weighted by Crippen LogP contribution is -2.09. The Labute approximate surface area is 189 Å². The number of rotatable bonds is 4. The number of hydrogen-bond acceptors (Lipinski definition) is 3. The number of para-hydroxylation sites is 1. The van der Waals surface area contributed by atoms with Gasteiger partial charge in [-0.3, -0.25) is 0 Å². The summed E-state index contributed by atoms with van der Waals surface area (Å²) in [6.07, 6.45) is -0.670. The largest absolute Gasteiger partial charge is 0.451 e. The topological polar surface area (TPSA) is 44.1 Å². The van der Waals surface area contributed by atoms with Gasteiger partial charge in [0.05, 0.1) is 17.3 Å². The second-order valence-electron chi connectivity index (χ2n) is 7.59. The highest BCUT2D eigenvalue weighted by Crippen LogP contribution is 2.45. The van der Waals surface area contributed by atoms with Gasteiger partial charge in [0.2, 0.25) is 0 Å². The summed E-state index contributed by atoms with van der Waals surface area (Å²) in [5.74, 6) is -1.29. The molecule has 4 nitrogen and oxygen atoms in total. The van der Waals surface area contributed by atoms with Crippen molar-refractivity contribution in [3.05, 3.63) is 119 Å². The highest BCUT2D eigenvalue weighted by molar-refractivity contribution is 6.30. The van der Waals surface area contributed by atoms with Crippen LogP contribution in [0.15, 0.2) is 97.1 Å². The second kappa shape index (κ2) is 8.09. The van der Waals surface area contributed by atoms with Crippen LogP contribution in [0.3, 0.4) is 0 Å². The molecule has 1 aromatic heterocycles. The molecule has 2 unspecified atom stereocenters. The quantitative estimate of drug-likeness (QED) is 0.275. The fourth-order valence-electron chi connectivity index (χ4n) is 3.98. The van der Waals surface area contributed by atoms with Crippen molar-refractivity contribution < 1.29 is 13.9 Å². The number of benzene rings is 3. The van der Waals surface area contributed by atoms with Gasteiger partial charge in [0.15, 0.2) is 6.10 Å². The molecule has 0 spiro atoms. The van der Waals surface area contributed by atoms with Crippen molar-refractivity contribution in [3.63, 3.8) is 0 Å². The molecule has 0 bridgehead atoms. The number of esters is 1. The highest BCUT2D eigenvalue weighted by Gasteiger charge is 2.42. The number of aromatic nitrogens is 2. The van der Waals surface area contributed by atoms with Crippen LogP contribution in [0.25, 0.3) is 16.9 Å². The summed E-state index contributed by atoms with van der Waals surface area (Å²) in [5.41, 5.74) is 4.26. The van der Waals surface area contributed by atoms with E-state index in [4.69, 9.17) is 21.4 Å². The summed E-state index contributed by atoms with van der Waals surface area (Å²) in [7, 11) is 0. The Balaban J connectivity index is 1.64. The van der Waals surface area contributed by atoms with Gasteiger partial charge in [0.25, 0.3) is 0 Å². The molecule has 0 saturated carbocycles. The van der Waals surface area contributed by atoms with Gasteiger partial charge >= 0.3 is 5.97 Å². The third kappa shape index (κ3) is 3.61. The van der Waals surface area contributed by atoms with Crippen LogP contribution in [0.2, 0.25) is 5.02 Å². The first kappa shape index (κ1) is 20.2. The van der Waals surface area contributed by atoms with Crippen molar-refractivity contribution in [3.8, 4) is 16.9 Å². The van der Waals surface area contributed by atoms with Gasteiger partial charge in [-0.1, -0.05) is 60.6 Å². The minimum absolute atomic E-state index is 0.323. The van der Waals surface area contributed by atoms with Crippen molar-refractivity contribution in [1.29, 1.82) is 0 Å². The Kier molecular flexibility index (Phi) is 5.11.